The number of hydrogen-bond acceptors (Lipinski definition) is 5. The maximum absolute atomic E-state index is 14.0. The van der Waals surface area contributed by atoms with E-state index in [0.717, 1.165) is 11.8 Å². The number of aliphatic hydroxyl groups is 1. The van der Waals surface area contributed by atoms with Gasteiger partial charge in [0.05, 0.1) is 23.2 Å². The van der Waals surface area contributed by atoms with Gasteiger partial charge in [0.15, 0.2) is 5.82 Å². The van der Waals surface area contributed by atoms with Crippen LogP contribution < -0.4 is 15.9 Å². The Kier molecular flexibility index (Phi) is 7.27. The summed E-state index contributed by atoms with van der Waals surface area (Å²) in [6.07, 6.45) is 2.47. The molecule has 4 aromatic rings. The van der Waals surface area contributed by atoms with Crippen LogP contribution in [0, 0.1) is 32.4 Å². The SMILES string of the molecule is Cc1ccc(-n2cccc(C(C)(C)O)c2=O)c(C)c1-n1c(C)cc(OCc2ncc(F)cc2F)c(Cl)c1=O. The van der Waals surface area contributed by atoms with Crippen molar-refractivity contribution in [1.29, 1.82) is 0 Å². The minimum atomic E-state index is -1.34. The van der Waals surface area contributed by atoms with Crippen molar-refractivity contribution in [1.82, 2.24) is 14.1 Å². The molecule has 0 aliphatic heterocycles. The number of pyridine rings is 3. The minimum absolute atomic E-state index is 0.0245. The van der Waals surface area contributed by atoms with E-state index in [2.05, 4.69) is 4.98 Å². The van der Waals surface area contributed by atoms with Crippen LogP contribution in [0.4, 0.5) is 8.78 Å². The quantitative estimate of drug-likeness (QED) is 0.369. The number of halogens is 3. The van der Waals surface area contributed by atoms with Gasteiger partial charge in [-0.05, 0) is 63.9 Å². The Morgan fingerprint density at radius 1 is 1.08 bits per heavy atom. The molecule has 0 bridgehead atoms. The van der Waals surface area contributed by atoms with Gasteiger partial charge in [0.2, 0.25) is 0 Å². The zero-order valence-electron chi connectivity index (χ0n) is 21.5. The molecule has 0 aliphatic carbocycles. The summed E-state index contributed by atoms with van der Waals surface area (Å²) in [6, 6.07) is 9.04. The molecule has 0 saturated heterocycles. The van der Waals surface area contributed by atoms with Crippen LogP contribution >= 0.6 is 11.6 Å². The molecule has 10 heteroatoms. The van der Waals surface area contributed by atoms with Gasteiger partial charge in [-0.15, -0.1) is 0 Å². The third kappa shape index (κ3) is 4.99. The predicted molar refractivity (Wildman–Crippen MR) is 141 cm³/mol. The van der Waals surface area contributed by atoms with Gasteiger partial charge in [0, 0.05) is 29.6 Å². The Morgan fingerprint density at radius 2 is 1.79 bits per heavy atom. The van der Waals surface area contributed by atoms with Crippen LogP contribution in [-0.2, 0) is 12.2 Å². The van der Waals surface area contributed by atoms with E-state index in [4.69, 9.17) is 16.3 Å². The molecule has 0 saturated carbocycles. The van der Waals surface area contributed by atoms with Gasteiger partial charge in [-0.25, -0.2) is 8.78 Å². The maximum atomic E-state index is 14.0. The van der Waals surface area contributed by atoms with Gasteiger partial charge in [-0.2, -0.15) is 0 Å². The molecule has 0 spiro atoms. The molecule has 1 aromatic carbocycles. The number of rotatable bonds is 6. The second-order valence-corrected chi connectivity index (χ2v) is 9.88. The molecule has 0 radical (unpaired) electrons. The molecule has 0 unspecified atom stereocenters. The predicted octanol–water partition coefficient (Wildman–Crippen LogP) is 5.05. The molecule has 3 heterocycles. The van der Waals surface area contributed by atoms with Crippen LogP contribution in [0.3, 0.4) is 0 Å². The highest BCUT2D eigenvalue weighted by Crippen LogP contribution is 2.29. The number of aromatic nitrogens is 3. The Morgan fingerprint density at radius 3 is 2.45 bits per heavy atom. The van der Waals surface area contributed by atoms with Gasteiger partial charge in [0.1, 0.15) is 28.9 Å². The van der Waals surface area contributed by atoms with E-state index in [-0.39, 0.29) is 34.2 Å². The Bertz CT molecular complexity index is 1670. The number of nitrogens with zero attached hydrogens (tertiary/aromatic N) is 3. The van der Waals surface area contributed by atoms with E-state index in [9.17, 15) is 23.5 Å². The maximum Gasteiger partial charge on any atom is 0.277 e. The Hall–Kier alpha value is -3.82. The average Bonchev–Trinajstić information content (AvgIpc) is 2.83. The molecule has 198 valence electrons. The summed E-state index contributed by atoms with van der Waals surface area (Å²) in [5.41, 5.74) is 0.716. The number of aryl methyl sites for hydroxylation is 2. The summed E-state index contributed by atoms with van der Waals surface area (Å²) in [5.74, 6) is -1.67. The molecule has 38 heavy (non-hydrogen) atoms. The van der Waals surface area contributed by atoms with Crippen LogP contribution in [0.15, 0.2) is 58.4 Å². The molecule has 7 nitrogen and oxygen atoms in total. The molecule has 0 atom stereocenters. The van der Waals surface area contributed by atoms with E-state index in [1.807, 2.05) is 6.92 Å². The van der Waals surface area contributed by atoms with E-state index in [1.54, 1.807) is 44.3 Å². The summed E-state index contributed by atoms with van der Waals surface area (Å²) in [6.45, 7) is 8.02. The lowest BCUT2D eigenvalue weighted by molar-refractivity contribution is 0.0768. The highest BCUT2D eigenvalue weighted by atomic mass is 35.5. The summed E-state index contributed by atoms with van der Waals surface area (Å²) in [5, 5.41) is 10.2. The van der Waals surface area contributed by atoms with E-state index in [0.29, 0.717) is 28.7 Å². The standard InChI is InChI=1S/C28H26ClF2N3O4/c1-15-8-9-22(33-10-6-7-19(26(33)35)28(4,5)37)17(3)25(15)34-16(2)11-23(24(29)27(34)36)38-14-21-20(31)12-18(30)13-32-21/h6-13,37H,14H2,1-5H3. The lowest BCUT2D eigenvalue weighted by Gasteiger charge is -2.22. The van der Waals surface area contributed by atoms with Crippen molar-refractivity contribution < 1.29 is 18.6 Å². The number of benzene rings is 1. The zero-order chi connectivity index (χ0) is 27.9. The second kappa shape index (κ2) is 10.2. The first-order valence-electron chi connectivity index (χ1n) is 11.7. The highest BCUT2D eigenvalue weighted by Gasteiger charge is 2.23. The molecule has 1 N–H and O–H groups in total. The summed E-state index contributed by atoms with van der Waals surface area (Å²) in [7, 11) is 0. The summed E-state index contributed by atoms with van der Waals surface area (Å²) < 4.78 is 35.5. The first kappa shape index (κ1) is 27.2. The van der Waals surface area contributed by atoms with Crippen molar-refractivity contribution in [2.75, 3.05) is 0 Å². The fourth-order valence-corrected chi connectivity index (χ4v) is 4.53. The van der Waals surface area contributed by atoms with Gasteiger partial charge < -0.3 is 9.84 Å². The fraction of sp³-hybridized carbons (Fsp3) is 0.250. The van der Waals surface area contributed by atoms with Crippen molar-refractivity contribution in [2.45, 2.75) is 46.8 Å². The molecule has 0 aliphatic rings. The van der Waals surface area contributed by atoms with Crippen LogP contribution in [-0.4, -0.2) is 19.2 Å². The molecule has 0 fully saturated rings. The average molecular weight is 542 g/mol. The van der Waals surface area contributed by atoms with Gasteiger partial charge in [-0.1, -0.05) is 17.7 Å². The van der Waals surface area contributed by atoms with Crippen molar-refractivity contribution >= 4 is 11.6 Å². The van der Waals surface area contributed by atoms with Crippen LogP contribution in [0.2, 0.25) is 5.02 Å². The number of ether oxygens (including phenoxy) is 1. The van der Waals surface area contributed by atoms with Gasteiger partial charge >= 0.3 is 0 Å². The highest BCUT2D eigenvalue weighted by molar-refractivity contribution is 6.31. The summed E-state index contributed by atoms with van der Waals surface area (Å²) in [4.78, 5) is 30.3. The first-order chi connectivity index (χ1) is 17.8. The smallest absolute Gasteiger partial charge is 0.277 e. The van der Waals surface area contributed by atoms with Gasteiger partial charge in [-0.3, -0.25) is 23.7 Å². The van der Waals surface area contributed by atoms with Crippen LogP contribution in [0.5, 0.6) is 5.75 Å². The molecular weight excluding hydrogens is 516 g/mol. The number of hydrogen-bond donors (Lipinski definition) is 1. The largest absolute Gasteiger partial charge is 0.485 e. The van der Waals surface area contributed by atoms with E-state index < -0.39 is 22.8 Å². The van der Waals surface area contributed by atoms with Crippen molar-refractivity contribution in [2.24, 2.45) is 0 Å². The molecule has 4 rings (SSSR count). The normalized spacial score (nSPS) is 11.6. The zero-order valence-corrected chi connectivity index (χ0v) is 22.2. The van der Waals surface area contributed by atoms with Gasteiger partial charge in [0.25, 0.3) is 11.1 Å². The van der Waals surface area contributed by atoms with Crippen molar-refractivity contribution in [3.8, 4) is 17.1 Å². The van der Waals surface area contributed by atoms with Crippen molar-refractivity contribution in [3.63, 3.8) is 0 Å². The molecular formula is C28H26ClF2N3O4. The molecule has 0 amide bonds. The fourth-order valence-electron chi connectivity index (χ4n) is 4.34. The Labute approximate surface area is 222 Å². The minimum Gasteiger partial charge on any atom is -0.485 e. The Balaban J connectivity index is 1.81. The monoisotopic (exact) mass is 541 g/mol. The van der Waals surface area contributed by atoms with Crippen molar-refractivity contribution in [3.05, 3.63) is 114 Å². The second-order valence-electron chi connectivity index (χ2n) is 9.51. The van der Waals surface area contributed by atoms with E-state index in [1.165, 1.54) is 29.0 Å². The lowest BCUT2D eigenvalue weighted by Crippen LogP contribution is -2.31. The topological polar surface area (TPSA) is 86.3 Å². The lowest BCUT2D eigenvalue weighted by atomic mass is 9.99. The molecule has 3 aromatic heterocycles. The third-order valence-electron chi connectivity index (χ3n) is 6.24. The van der Waals surface area contributed by atoms with Crippen LogP contribution in [0.25, 0.3) is 11.4 Å². The third-order valence-corrected chi connectivity index (χ3v) is 6.59. The summed E-state index contributed by atoms with van der Waals surface area (Å²) >= 11 is 6.39. The van der Waals surface area contributed by atoms with E-state index >= 15 is 0 Å². The first-order valence-corrected chi connectivity index (χ1v) is 12.1. The van der Waals surface area contributed by atoms with Crippen LogP contribution in [0.1, 0.15) is 41.9 Å².